The summed E-state index contributed by atoms with van der Waals surface area (Å²) in [5.41, 5.74) is 2.36. The number of carbonyl (C=O) groups excluding carboxylic acids is 2. The molecule has 3 amide bonds. The Kier molecular flexibility index (Phi) is 6.80. The van der Waals surface area contributed by atoms with Crippen molar-refractivity contribution in [2.75, 3.05) is 24.3 Å². The predicted molar refractivity (Wildman–Crippen MR) is 115 cm³/mol. The minimum Gasteiger partial charge on any atom is -0.497 e. The van der Waals surface area contributed by atoms with Crippen LogP contribution < -0.4 is 20.7 Å². The number of carbonyl (C=O) groups is 2. The number of aromatic nitrogens is 1. The minimum absolute atomic E-state index is 0.204. The van der Waals surface area contributed by atoms with Gasteiger partial charge in [-0.2, -0.15) is 0 Å². The SMILES string of the molecule is COc1ccc(CCNC(=O)c2sc(NC(=O)Nc3ccccc3)nc2C)cc1. The van der Waals surface area contributed by atoms with Gasteiger partial charge in [0, 0.05) is 12.2 Å². The molecule has 2 aromatic carbocycles. The molecular weight excluding hydrogens is 388 g/mol. The summed E-state index contributed by atoms with van der Waals surface area (Å²) in [4.78, 5) is 29.3. The Hall–Kier alpha value is -3.39. The van der Waals surface area contributed by atoms with Crippen LogP contribution >= 0.6 is 11.3 Å². The smallest absolute Gasteiger partial charge is 0.325 e. The maximum absolute atomic E-state index is 12.5. The molecule has 0 bridgehead atoms. The van der Waals surface area contributed by atoms with Gasteiger partial charge in [0.05, 0.1) is 12.8 Å². The molecule has 1 aromatic heterocycles. The van der Waals surface area contributed by atoms with Crippen molar-refractivity contribution in [3.63, 3.8) is 0 Å². The summed E-state index contributed by atoms with van der Waals surface area (Å²) in [5.74, 6) is 0.597. The molecule has 0 fully saturated rings. The highest BCUT2D eigenvalue weighted by atomic mass is 32.1. The zero-order valence-electron chi connectivity index (χ0n) is 16.2. The average molecular weight is 410 g/mol. The Morgan fingerprint density at radius 2 is 1.76 bits per heavy atom. The molecule has 0 saturated carbocycles. The van der Waals surface area contributed by atoms with Crippen molar-refractivity contribution < 1.29 is 14.3 Å². The van der Waals surface area contributed by atoms with Gasteiger partial charge in [0.25, 0.3) is 5.91 Å². The normalized spacial score (nSPS) is 10.3. The fourth-order valence-corrected chi connectivity index (χ4v) is 3.51. The third-order valence-electron chi connectivity index (χ3n) is 4.11. The Morgan fingerprint density at radius 1 is 1.03 bits per heavy atom. The number of rotatable bonds is 7. The van der Waals surface area contributed by atoms with Crippen LogP contribution in [0.1, 0.15) is 20.9 Å². The third-order valence-corrected chi connectivity index (χ3v) is 5.18. The van der Waals surface area contributed by atoms with Crippen LogP contribution in [0.15, 0.2) is 54.6 Å². The zero-order valence-corrected chi connectivity index (χ0v) is 17.0. The number of ether oxygens (including phenoxy) is 1. The molecule has 150 valence electrons. The number of amides is 3. The lowest BCUT2D eigenvalue weighted by Crippen LogP contribution is -2.25. The van der Waals surface area contributed by atoms with Gasteiger partial charge in [0.2, 0.25) is 0 Å². The van der Waals surface area contributed by atoms with E-state index in [-0.39, 0.29) is 5.91 Å². The first-order chi connectivity index (χ1) is 14.0. The Balaban J connectivity index is 1.51. The number of hydrogen-bond donors (Lipinski definition) is 3. The van der Waals surface area contributed by atoms with Gasteiger partial charge in [0.1, 0.15) is 10.6 Å². The summed E-state index contributed by atoms with van der Waals surface area (Å²) in [7, 11) is 1.63. The van der Waals surface area contributed by atoms with Crippen molar-refractivity contribution in [2.24, 2.45) is 0 Å². The Bertz CT molecular complexity index is 971. The van der Waals surface area contributed by atoms with Crippen molar-refractivity contribution in [1.29, 1.82) is 0 Å². The van der Waals surface area contributed by atoms with Crippen LogP contribution in [0.25, 0.3) is 0 Å². The molecule has 8 heteroatoms. The molecule has 7 nitrogen and oxygen atoms in total. The highest BCUT2D eigenvalue weighted by Gasteiger charge is 2.16. The number of anilines is 2. The number of benzene rings is 2. The summed E-state index contributed by atoms with van der Waals surface area (Å²) in [5, 5.41) is 8.65. The van der Waals surface area contributed by atoms with Gasteiger partial charge >= 0.3 is 6.03 Å². The maximum atomic E-state index is 12.5. The van der Waals surface area contributed by atoms with Crippen LogP contribution in [0.4, 0.5) is 15.6 Å². The molecule has 0 atom stereocenters. The lowest BCUT2D eigenvalue weighted by atomic mass is 10.1. The monoisotopic (exact) mass is 410 g/mol. The van der Waals surface area contributed by atoms with E-state index in [0.717, 1.165) is 22.6 Å². The fraction of sp³-hybridized carbons (Fsp3) is 0.190. The Labute approximate surface area is 173 Å². The number of para-hydroxylation sites is 1. The molecule has 0 unspecified atom stereocenters. The second kappa shape index (κ2) is 9.70. The first-order valence-electron chi connectivity index (χ1n) is 9.07. The van der Waals surface area contributed by atoms with Crippen molar-refractivity contribution in [3.05, 3.63) is 70.7 Å². The van der Waals surface area contributed by atoms with E-state index in [4.69, 9.17) is 4.74 Å². The molecule has 3 N–H and O–H groups in total. The summed E-state index contributed by atoms with van der Waals surface area (Å²) < 4.78 is 5.14. The summed E-state index contributed by atoms with van der Waals surface area (Å²) in [6.45, 7) is 2.24. The second-order valence-electron chi connectivity index (χ2n) is 6.23. The lowest BCUT2D eigenvalue weighted by Gasteiger charge is -2.05. The third kappa shape index (κ3) is 5.79. The molecular formula is C21H22N4O3S. The van der Waals surface area contributed by atoms with Crippen LogP contribution in [-0.4, -0.2) is 30.6 Å². The van der Waals surface area contributed by atoms with E-state index in [2.05, 4.69) is 20.9 Å². The van der Waals surface area contributed by atoms with E-state index in [9.17, 15) is 9.59 Å². The summed E-state index contributed by atoms with van der Waals surface area (Å²) >= 11 is 1.15. The fourth-order valence-electron chi connectivity index (χ4n) is 2.63. The van der Waals surface area contributed by atoms with Gasteiger partial charge in [-0.25, -0.2) is 9.78 Å². The van der Waals surface area contributed by atoms with E-state index in [0.29, 0.717) is 34.4 Å². The van der Waals surface area contributed by atoms with Gasteiger partial charge in [-0.15, -0.1) is 0 Å². The lowest BCUT2D eigenvalue weighted by molar-refractivity contribution is 0.0957. The maximum Gasteiger partial charge on any atom is 0.325 e. The molecule has 0 aliphatic heterocycles. The second-order valence-corrected chi connectivity index (χ2v) is 7.23. The largest absolute Gasteiger partial charge is 0.497 e. The first-order valence-corrected chi connectivity index (χ1v) is 9.88. The minimum atomic E-state index is -0.406. The number of urea groups is 1. The highest BCUT2D eigenvalue weighted by molar-refractivity contribution is 7.17. The number of aryl methyl sites for hydroxylation is 1. The Morgan fingerprint density at radius 3 is 2.45 bits per heavy atom. The van der Waals surface area contributed by atoms with Gasteiger partial charge in [-0.3, -0.25) is 10.1 Å². The molecule has 0 aliphatic rings. The van der Waals surface area contributed by atoms with Gasteiger partial charge in [-0.1, -0.05) is 41.7 Å². The van der Waals surface area contributed by atoms with E-state index in [1.54, 1.807) is 26.2 Å². The molecule has 1 heterocycles. The highest BCUT2D eigenvalue weighted by Crippen LogP contribution is 2.22. The van der Waals surface area contributed by atoms with Crippen molar-refractivity contribution in [3.8, 4) is 5.75 Å². The van der Waals surface area contributed by atoms with Crippen molar-refractivity contribution in [1.82, 2.24) is 10.3 Å². The standard InChI is InChI=1S/C21H22N4O3S/c1-14-18(19(26)22-13-12-15-8-10-17(28-2)11-9-15)29-21(23-14)25-20(27)24-16-6-4-3-5-7-16/h3-11H,12-13H2,1-2H3,(H,22,26)(H2,23,24,25,27). The van der Waals surface area contributed by atoms with E-state index in [1.807, 2.05) is 42.5 Å². The summed E-state index contributed by atoms with van der Waals surface area (Å²) in [6, 6.07) is 16.4. The van der Waals surface area contributed by atoms with Crippen LogP contribution in [0, 0.1) is 6.92 Å². The molecule has 0 radical (unpaired) electrons. The molecule has 0 saturated heterocycles. The topological polar surface area (TPSA) is 92.4 Å². The van der Waals surface area contributed by atoms with Crippen LogP contribution in [0.2, 0.25) is 0 Å². The van der Waals surface area contributed by atoms with Crippen LogP contribution in [-0.2, 0) is 6.42 Å². The predicted octanol–water partition coefficient (Wildman–Crippen LogP) is 4.08. The van der Waals surface area contributed by atoms with Gasteiger partial charge < -0.3 is 15.4 Å². The number of hydrogen-bond acceptors (Lipinski definition) is 5. The van der Waals surface area contributed by atoms with Crippen LogP contribution in [0.3, 0.4) is 0 Å². The molecule has 3 rings (SSSR count). The quantitative estimate of drug-likeness (QED) is 0.547. The van der Waals surface area contributed by atoms with Crippen molar-refractivity contribution >= 4 is 34.1 Å². The zero-order chi connectivity index (χ0) is 20.6. The van der Waals surface area contributed by atoms with Gasteiger partial charge in [-0.05, 0) is 43.2 Å². The summed E-state index contributed by atoms with van der Waals surface area (Å²) in [6.07, 6.45) is 0.707. The number of nitrogens with one attached hydrogen (secondary N) is 3. The van der Waals surface area contributed by atoms with E-state index < -0.39 is 6.03 Å². The number of thiazole rings is 1. The van der Waals surface area contributed by atoms with E-state index in [1.165, 1.54) is 0 Å². The van der Waals surface area contributed by atoms with Crippen molar-refractivity contribution in [2.45, 2.75) is 13.3 Å². The molecule has 0 aliphatic carbocycles. The average Bonchev–Trinajstić information content (AvgIpc) is 3.09. The molecule has 0 spiro atoms. The van der Waals surface area contributed by atoms with Gasteiger partial charge in [0.15, 0.2) is 5.13 Å². The number of nitrogens with zero attached hydrogens (tertiary/aromatic N) is 1. The van der Waals surface area contributed by atoms with E-state index >= 15 is 0 Å². The molecule has 3 aromatic rings. The first kappa shape index (κ1) is 20.3. The number of methoxy groups -OCH3 is 1. The molecule has 29 heavy (non-hydrogen) atoms. The van der Waals surface area contributed by atoms with Crippen LogP contribution in [0.5, 0.6) is 5.75 Å².